The summed E-state index contributed by atoms with van der Waals surface area (Å²) in [7, 11) is 0. The molecule has 0 atom stereocenters. The van der Waals surface area contributed by atoms with E-state index in [0.717, 1.165) is 59.8 Å². The molecule has 1 heterocycles. The number of carbonyl (C=O) groups is 1. The van der Waals surface area contributed by atoms with Gasteiger partial charge in [0.05, 0.1) is 0 Å². The third-order valence-corrected chi connectivity index (χ3v) is 7.72. The zero-order chi connectivity index (χ0) is 27.5. The highest BCUT2D eigenvalue weighted by Crippen LogP contribution is 2.35. The predicted octanol–water partition coefficient (Wildman–Crippen LogP) is 7.97. The number of aromatic carboxylic acids is 1. The molecule has 40 heavy (non-hydrogen) atoms. The molecule has 1 fully saturated rings. The zero-order valence-electron chi connectivity index (χ0n) is 22.0. The number of hydrogen-bond acceptors (Lipinski definition) is 4. The van der Waals surface area contributed by atoms with Gasteiger partial charge in [-0.3, -0.25) is 4.90 Å². The van der Waals surface area contributed by atoms with Gasteiger partial charge in [0, 0.05) is 54.9 Å². The second-order valence-electron chi connectivity index (χ2n) is 9.99. The highest BCUT2D eigenvalue weighted by atomic mass is 35.5. The molecule has 0 bridgehead atoms. The number of halogens is 1. The van der Waals surface area contributed by atoms with Gasteiger partial charge in [0.15, 0.2) is 0 Å². The van der Waals surface area contributed by atoms with Crippen molar-refractivity contribution < 1.29 is 14.6 Å². The van der Waals surface area contributed by atoms with E-state index in [1.165, 1.54) is 11.1 Å². The molecule has 200 valence electrons. The largest absolute Gasteiger partial charge is 0.478 e. The molecule has 5 nitrogen and oxygen atoms in total. The summed E-state index contributed by atoms with van der Waals surface area (Å²) < 4.78 is 6.25. The molecule has 0 radical (unpaired) electrons. The molecule has 6 heteroatoms. The SMILES string of the molecule is O=C(O)c1ccc(N2CCN(Cc3ccccc3-c3ccc(Cl)cc3)CC2)cc1Oc1cccc2ccccc12. The van der Waals surface area contributed by atoms with Crippen LogP contribution in [0.4, 0.5) is 5.69 Å². The Bertz CT molecular complexity index is 1660. The van der Waals surface area contributed by atoms with E-state index in [9.17, 15) is 9.90 Å². The summed E-state index contributed by atoms with van der Waals surface area (Å²) in [6.45, 7) is 4.33. The number of piperazine rings is 1. The van der Waals surface area contributed by atoms with Gasteiger partial charge in [0.25, 0.3) is 0 Å². The summed E-state index contributed by atoms with van der Waals surface area (Å²) in [5.74, 6) is -0.0199. The van der Waals surface area contributed by atoms with E-state index < -0.39 is 5.97 Å². The van der Waals surface area contributed by atoms with E-state index in [0.29, 0.717) is 11.5 Å². The van der Waals surface area contributed by atoms with Crippen LogP contribution in [0.25, 0.3) is 21.9 Å². The predicted molar refractivity (Wildman–Crippen MR) is 162 cm³/mol. The van der Waals surface area contributed by atoms with Crippen LogP contribution >= 0.6 is 11.6 Å². The van der Waals surface area contributed by atoms with Crippen LogP contribution in [0.1, 0.15) is 15.9 Å². The number of rotatable bonds is 7. The first-order valence-electron chi connectivity index (χ1n) is 13.4. The maximum Gasteiger partial charge on any atom is 0.339 e. The first-order valence-corrected chi connectivity index (χ1v) is 13.8. The lowest BCUT2D eigenvalue weighted by atomic mass is 9.99. The molecule has 0 saturated carbocycles. The van der Waals surface area contributed by atoms with Crippen LogP contribution in [0.2, 0.25) is 5.02 Å². The van der Waals surface area contributed by atoms with Gasteiger partial charge in [-0.25, -0.2) is 4.79 Å². The van der Waals surface area contributed by atoms with Gasteiger partial charge in [0.1, 0.15) is 17.1 Å². The van der Waals surface area contributed by atoms with Crippen molar-refractivity contribution in [2.75, 3.05) is 31.1 Å². The first-order chi connectivity index (χ1) is 19.5. The van der Waals surface area contributed by atoms with Crippen LogP contribution in [0.15, 0.2) is 109 Å². The standard InChI is InChI=1S/C34H29ClN2O3/c35-27-14-12-25(13-15-27)29-9-3-2-7-26(29)23-36-18-20-37(21-19-36)28-16-17-31(34(38)39)33(22-28)40-32-11-5-8-24-6-1-4-10-30(24)32/h1-17,22H,18-21,23H2,(H,38,39). The van der Waals surface area contributed by atoms with Gasteiger partial charge in [-0.2, -0.15) is 0 Å². The minimum atomic E-state index is -1.01. The summed E-state index contributed by atoms with van der Waals surface area (Å²) in [6, 6.07) is 35.7. The van der Waals surface area contributed by atoms with E-state index in [4.69, 9.17) is 16.3 Å². The lowest BCUT2D eigenvalue weighted by Crippen LogP contribution is -2.46. The molecule has 0 aromatic heterocycles. The zero-order valence-corrected chi connectivity index (χ0v) is 22.7. The molecule has 5 aromatic rings. The lowest BCUT2D eigenvalue weighted by Gasteiger charge is -2.36. The van der Waals surface area contributed by atoms with Crippen molar-refractivity contribution >= 4 is 34.0 Å². The van der Waals surface area contributed by atoms with Crippen molar-refractivity contribution in [3.05, 3.63) is 125 Å². The second kappa shape index (κ2) is 11.4. The molecule has 1 aliphatic rings. The van der Waals surface area contributed by atoms with Crippen LogP contribution in [0.3, 0.4) is 0 Å². The third kappa shape index (κ3) is 5.53. The number of hydrogen-bond donors (Lipinski definition) is 1. The van der Waals surface area contributed by atoms with E-state index >= 15 is 0 Å². The maximum atomic E-state index is 12.0. The molecule has 1 N–H and O–H groups in total. The Kier molecular flexibility index (Phi) is 7.41. The number of carboxylic acids is 1. The van der Waals surface area contributed by atoms with Gasteiger partial charge in [-0.15, -0.1) is 0 Å². The van der Waals surface area contributed by atoms with Crippen molar-refractivity contribution in [1.82, 2.24) is 4.90 Å². The number of carboxylic acid groups (broad SMARTS) is 1. The van der Waals surface area contributed by atoms with Gasteiger partial charge in [0.2, 0.25) is 0 Å². The fraction of sp³-hybridized carbons (Fsp3) is 0.147. The number of nitrogens with zero attached hydrogens (tertiary/aromatic N) is 2. The smallest absolute Gasteiger partial charge is 0.339 e. The van der Waals surface area contributed by atoms with Crippen molar-refractivity contribution in [3.8, 4) is 22.6 Å². The third-order valence-electron chi connectivity index (χ3n) is 7.47. The monoisotopic (exact) mass is 548 g/mol. The van der Waals surface area contributed by atoms with Crippen LogP contribution in [0, 0.1) is 0 Å². The van der Waals surface area contributed by atoms with Crippen molar-refractivity contribution in [2.24, 2.45) is 0 Å². The average molecular weight is 549 g/mol. The summed E-state index contributed by atoms with van der Waals surface area (Å²) in [5, 5.41) is 12.6. The van der Waals surface area contributed by atoms with Gasteiger partial charge in [-0.05, 0) is 52.4 Å². The maximum absolute atomic E-state index is 12.0. The number of anilines is 1. The Morgan fingerprint density at radius 3 is 2.30 bits per heavy atom. The summed E-state index contributed by atoms with van der Waals surface area (Å²) in [6.07, 6.45) is 0. The molecular weight excluding hydrogens is 520 g/mol. The van der Waals surface area contributed by atoms with E-state index in [1.54, 1.807) is 6.07 Å². The van der Waals surface area contributed by atoms with Crippen LogP contribution in [0.5, 0.6) is 11.5 Å². The molecule has 0 amide bonds. The Morgan fingerprint density at radius 1 is 0.775 bits per heavy atom. The van der Waals surface area contributed by atoms with Crippen molar-refractivity contribution in [2.45, 2.75) is 6.54 Å². The molecule has 0 spiro atoms. The topological polar surface area (TPSA) is 53.0 Å². The number of fused-ring (bicyclic) bond motifs is 1. The number of ether oxygens (including phenoxy) is 1. The molecular formula is C34H29ClN2O3. The summed E-state index contributed by atoms with van der Waals surface area (Å²) in [5.41, 5.74) is 4.78. The van der Waals surface area contributed by atoms with E-state index in [1.807, 2.05) is 66.7 Å². The Hall–Kier alpha value is -4.32. The highest BCUT2D eigenvalue weighted by molar-refractivity contribution is 6.30. The van der Waals surface area contributed by atoms with Crippen molar-refractivity contribution in [1.29, 1.82) is 0 Å². The van der Waals surface area contributed by atoms with Gasteiger partial charge < -0.3 is 14.7 Å². The van der Waals surface area contributed by atoms with E-state index in [2.05, 4.69) is 46.2 Å². The molecule has 0 aliphatic carbocycles. The quantitative estimate of drug-likeness (QED) is 0.223. The second-order valence-corrected chi connectivity index (χ2v) is 10.4. The van der Waals surface area contributed by atoms with Gasteiger partial charge in [-0.1, -0.05) is 84.4 Å². The summed E-state index contributed by atoms with van der Waals surface area (Å²) >= 11 is 6.11. The average Bonchev–Trinajstić information content (AvgIpc) is 2.98. The minimum Gasteiger partial charge on any atom is -0.478 e. The molecule has 1 saturated heterocycles. The fourth-order valence-corrected chi connectivity index (χ4v) is 5.47. The Morgan fingerprint density at radius 2 is 1.50 bits per heavy atom. The molecule has 0 unspecified atom stereocenters. The van der Waals surface area contributed by atoms with Crippen LogP contribution in [-0.2, 0) is 6.54 Å². The fourth-order valence-electron chi connectivity index (χ4n) is 5.35. The lowest BCUT2D eigenvalue weighted by molar-refractivity contribution is 0.0694. The van der Waals surface area contributed by atoms with Crippen molar-refractivity contribution in [3.63, 3.8) is 0 Å². The van der Waals surface area contributed by atoms with Gasteiger partial charge >= 0.3 is 5.97 Å². The minimum absolute atomic E-state index is 0.147. The molecule has 6 rings (SSSR count). The number of benzene rings is 5. The first kappa shape index (κ1) is 25.9. The Balaban J connectivity index is 1.18. The normalized spacial score (nSPS) is 13.9. The summed E-state index contributed by atoms with van der Waals surface area (Å²) in [4.78, 5) is 16.8. The highest BCUT2D eigenvalue weighted by Gasteiger charge is 2.21. The Labute approximate surface area is 238 Å². The molecule has 5 aromatic carbocycles. The van der Waals surface area contributed by atoms with Crippen LogP contribution < -0.4 is 9.64 Å². The van der Waals surface area contributed by atoms with Crippen LogP contribution in [-0.4, -0.2) is 42.2 Å². The van der Waals surface area contributed by atoms with E-state index in [-0.39, 0.29) is 5.56 Å². The molecule has 1 aliphatic heterocycles.